The second kappa shape index (κ2) is 7.61. The maximum Gasteiger partial charge on any atom is 0.236 e. The van der Waals surface area contributed by atoms with E-state index in [4.69, 9.17) is 0 Å². The Labute approximate surface area is 161 Å². The molecule has 0 saturated carbocycles. The Bertz CT molecular complexity index is 1050. The van der Waals surface area contributed by atoms with Crippen molar-refractivity contribution in [2.45, 2.75) is 32.6 Å². The van der Waals surface area contributed by atoms with Gasteiger partial charge in [-0.3, -0.25) is 4.72 Å². The summed E-state index contributed by atoms with van der Waals surface area (Å²) in [5.41, 5.74) is 4.03. The molecule has 27 heavy (non-hydrogen) atoms. The molecule has 2 aromatic rings. The van der Waals surface area contributed by atoms with Crippen molar-refractivity contribution in [3.63, 3.8) is 0 Å². The molecule has 0 fully saturated rings. The van der Waals surface area contributed by atoms with Gasteiger partial charge in [0.1, 0.15) is 0 Å². The van der Waals surface area contributed by atoms with Gasteiger partial charge < -0.3 is 0 Å². The van der Waals surface area contributed by atoms with E-state index in [1.807, 2.05) is 31.2 Å². The number of sulfonamides is 2. The third-order valence-electron chi connectivity index (χ3n) is 4.82. The second-order valence-electron chi connectivity index (χ2n) is 6.76. The summed E-state index contributed by atoms with van der Waals surface area (Å²) >= 11 is 0. The van der Waals surface area contributed by atoms with Crippen LogP contribution in [0.3, 0.4) is 0 Å². The standard InChI is InChI=1S/C19H24N2O4S2/c1-3-27(24,25)21-11-10-16-8-9-19(12-18(16)13-21)20-26(22,23)14-17-7-5-4-6-15(17)2/h4-9,12,20H,3,10-11,13-14H2,1-2H3. The molecule has 0 saturated heterocycles. The number of benzene rings is 2. The molecule has 8 heteroatoms. The van der Waals surface area contributed by atoms with E-state index in [-0.39, 0.29) is 18.1 Å². The smallest absolute Gasteiger partial charge is 0.236 e. The van der Waals surface area contributed by atoms with E-state index < -0.39 is 20.0 Å². The van der Waals surface area contributed by atoms with Crippen LogP contribution in [0.2, 0.25) is 0 Å². The van der Waals surface area contributed by atoms with Crippen LogP contribution in [-0.2, 0) is 38.8 Å². The molecule has 0 bridgehead atoms. The van der Waals surface area contributed by atoms with Crippen molar-refractivity contribution in [2.75, 3.05) is 17.0 Å². The van der Waals surface area contributed by atoms with Gasteiger partial charge in [-0.1, -0.05) is 30.3 Å². The van der Waals surface area contributed by atoms with E-state index in [2.05, 4.69) is 4.72 Å². The van der Waals surface area contributed by atoms with Crippen LogP contribution >= 0.6 is 0 Å². The SMILES string of the molecule is CCS(=O)(=O)N1CCc2ccc(NS(=O)(=O)Cc3ccccc3C)cc2C1. The maximum absolute atomic E-state index is 12.5. The summed E-state index contributed by atoms with van der Waals surface area (Å²) in [7, 11) is -6.83. The number of hydrogen-bond donors (Lipinski definition) is 1. The molecule has 3 rings (SSSR count). The van der Waals surface area contributed by atoms with Gasteiger partial charge in [0, 0.05) is 18.8 Å². The molecule has 6 nitrogen and oxygen atoms in total. The van der Waals surface area contributed by atoms with Crippen LogP contribution < -0.4 is 4.72 Å². The Hall–Kier alpha value is -1.90. The number of fused-ring (bicyclic) bond motifs is 1. The van der Waals surface area contributed by atoms with Crippen LogP contribution in [0.15, 0.2) is 42.5 Å². The highest BCUT2D eigenvalue weighted by Crippen LogP contribution is 2.25. The quantitative estimate of drug-likeness (QED) is 0.796. The lowest BCUT2D eigenvalue weighted by molar-refractivity contribution is 0.392. The van der Waals surface area contributed by atoms with Crippen LogP contribution in [0.5, 0.6) is 0 Å². The van der Waals surface area contributed by atoms with Crippen molar-refractivity contribution in [3.05, 3.63) is 64.7 Å². The maximum atomic E-state index is 12.5. The minimum Gasteiger partial charge on any atom is -0.283 e. The largest absolute Gasteiger partial charge is 0.283 e. The van der Waals surface area contributed by atoms with Crippen molar-refractivity contribution in [1.29, 1.82) is 0 Å². The number of nitrogens with one attached hydrogen (secondary N) is 1. The fraction of sp³-hybridized carbons (Fsp3) is 0.368. The Morgan fingerprint density at radius 2 is 1.78 bits per heavy atom. The van der Waals surface area contributed by atoms with Crippen molar-refractivity contribution < 1.29 is 16.8 Å². The van der Waals surface area contributed by atoms with Crippen molar-refractivity contribution in [3.8, 4) is 0 Å². The zero-order valence-electron chi connectivity index (χ0n) is 15.5. The second-order valence-corrected chi connectivity index (χ2v) is 10.7. The fourth-order valence-electron chi connectivity index (χ4n) is 3.21. The number of rotatable bonds is 6. The Balaban J connectivity index is 1.79. The molecule has 1 N–H and O–H groups in total. The molecule has 0 aromatic heterocycles. The van der Waals surface area contributed by atoms with Gasteiger partial charge in [-0.15, -0.1) is 0 Å². The van der Waals surface area contributed by atoms with Crippen molar-refractivity contribution in [1.82, 2.24) is 4.31 Å². The predicted molar refractivity (Wildman–Crippen MR) is 107 cm³/mol. The number of anilines is 1. The minimum absolute atomic E-state index is 0.0606. The van der Waals surface area contributed by atoms with Crippen LogP contribution in [0.4, 0.5) is 5.69 Å². The molecule has 1 aliphatic heterocycles. The monoisotopic (exact) mass is 408 g/mol. The molecule has 0 spiro atoms. The first-order valence-electron chi connectivity index (χ1n) is 8.85. The van der Waals surface area contributed by atoms with E-state index in [1.165, 1.54) is 4.31 Å². The highest BCUT2D eigenvalue weighted by molar-refractivity contribution is 7.91. The summed E-state index contributed by atoms with van der Waals surface area (Å²) in [4.78, 5) is 0. The first kappa shape index (κ1) is 19.9. The van der Waals surface area contributed by atoms with Crippen LogP contribution in [-0.4, -0.2) is 33.4 Å². The highest BCUT2D eigenvalue weighted by Gasteiger charge is 2.25. The Morgan fingerprint density at radius 1 is 1.04 bits per heavy atom. The Kier molecular flexibility index (Phi) is 5.60. The molecule has 146 valence electrons. The van der Waals surface area contributed by atoms with Gasteiger partial charge in [0.25, 0.3) is 0 Å². The average Bonchev–Trinajstić information content (AvgIpc) is 2.62. The molecule has 0 atom stereocenters. The molecule has 0 aliphatic carbocycles. The number of hydrogen-bond acceptors (Lipinski definition) is 4. The number of nitrogens with zero attached hydrogens (tertiary/aromatic N) is 1. The molecule has 1 aliphatic rings. The lowest BCUT2D eigenvalue weighted by Crippen LogP contribution is -2.36. The summed E-state index contributed by atoms with van der Waals surface area (Å²) < 4.78 is 53.4. The van der Waals surface area contributed by atoms with Gasteiger partial charge in [0.2, 0.25) is 20.0 Å². The minimum atomic E-state index is -3.57. The van der Waals surface area contributed by atoms with Gasteiger partial charge in [-0.25, -0.2) is 16.8 Å². The summed E-state index contributed by atoms with van der Waals surface area (Å²) in [6, 6.07) is 12.7. The molecule has 0 unspecified atom stereocenters. The highest BCUT2D eigenvalue weighted by atomic mass is 32.2. The zero-order valence-corrected chi connectivity index (χ0v) is 17.1. The Morgan fingerprint density at radius 3 is 2.48 bits per heavy atom. The summed E-state index contributed by atoms with van der Waals surface area (Å²) in [5, 5.41) is 0. The zero-order chi connectivity index (χ0) is 19.7. The van der Waals surface area contributed by atoms with Gasteiger partial charge in [0.15, 0.2) is 0 Å². The lowest BCUT2D eigenvalue weighted by Gasteiger charge is -2.28. The average molecular weight is 409 g/mol. The van der Waals surface area contributed by atoms with Crippen LogP contribution in [0, 0.1) is 6.92 Å². The molecule has 1 heterocycles. The van der Waals surface area contributed by atoms with E-state index in [1.54, 1.807) is 25.1 Å². The molecule has 2 aromatic carbocycles. The van der Waals surface area contributed by atoms with E-state index in [0.717, 1.165) is 22.3 Å². The van der Waals surface area contributed by atoms with Gasteiger partial charge in [-0.2, -0.15) is 4.31 Å². The summed E-state index contributed by atoms with van der Waals surface area (Å²) in [5.74, 6) is -0.0435. The van der Waals surface area contributed by atoms with Gasteiger partial charge in [0.05, 0.1) is 11.5 Å². The first-order valence-corrected chi connectivity index (χ1v) is 12.1. The van der Waals surface area contributed by atoms with Gasteiger partial charge >= 0.3 is 0 Å². The summed E-state index contributed by atoms with van der Waals surface area (Å²) in [6.45, 7) is 4.24. The van der Waals surface area contributed by atoms with Crippen LogP contribution in [0.1, 0.15) is 29.2 Å². The molecule has 0 radical (unpaired) electrons. The third-order valence-corrected chi connectivity index (χ3v) is 7.89. The normalized spacial score (nSPS) is 15.3. The molecular weight excluding hydrogens is 384 g/mol. The van der Waals surface area contributed by atoms with E-state index in [0.29, 0.717) is 18.7 Å². The van der Waals surface area contributed by atoms with Crippen LogP contribution in [0.25, 0.3) is 0 Å². The lowest BCUT2D eigenvalue weighted by atomic mass is 10.0. The van der Waals surface area contributed by atoms with Gasteiger partial charge in [-0.05, 0) is 54.7 Å². The molecule has 0 amide bonds. The topological polar surface area (TPSA) is 83.6 Å². The molecular formula is C19H24N2O4S2. The van der Waals surface area contributed by atoms with Crippen molar-refractivity contribution >= 4 is 25.7 Å². The third kappa shape index (κ3) is 4.69. The fourth-order valence-corrected chi connectivity index (χ4v) is 5.57. The predicted octanol–water partition coefficient (Wildman–Crippen LogP) is 2.64. The number of aryl methyl sites for hydroxylation is 1. The van der Waals surface area contributed by atoms with E-state index >= 15 is 0 Å². The van der Waals surface area contributed by atoms with Crippen molar-refractivity contribution in [2.24, 2.45) is 0 Å². The van der Waals surface area contributed by atoms with E-state index in [9.17, 15) is 16.8 Å². The first-order chi connectivity index (χ1) is 12.7. The summed E-state index contributed by atoms with van der Waals surface area (Å²) in [6.07, 6.45) is 0.630.